The van der Waals surface area contributed by atoms with E-state index in [1.54, 1.807) is 12.3 Å². The highest BCUT2D eigenvalue weighted by molar-refractivity contribution is 6.05. The van der Waals surface area contributed by atoms with E-state index in [1.165, 1.54) is 6.33 Å². The van der Waals surface area contributed by atoms with E-state index in [2.05, 4.69) is 20.6 Å². The molecule has 1 aromatic heterocycles. The first-order valence-corrected chi connectivity index (χ1v) is 4.57. The number of nitrogens with one attached hydrogen (secondary N) is 2. The number of hydrogen-bond acceptors (Lipinski definition) is 5. The van der Waals surface area contributed by atoms with Gasteiger partial charge in [-0.3, -0.25) is 20.2 Å². The molecule has 1 saturated heterocycles. The summed E-state index contributed by atoms with van der Waals surface area (Å²) in [6.07, 6.45) is 3.27. The van der Waals surface area contributed by atoms with Crippen LogP contribution < -0.4 is 10.6 Å². The molecule has 2 N–H and O–H groups in total. The first-order chi connectivity index (χ1) is 7.25. The molecule has 0 aromatic carbocycles. The number of imide groups is 1. The van der Waals surface area contributed by atoms with Gasteiger partial charge in [-0.2, -0.15) is 0 Å². The zero-order chi connectivity index (χ0) is 10.7. The molecule has 0 unspecified atom stereocenters. The van der Waals surface area contributed by atoms with Gasteiger partial charge in [0, 0.05) is 12.7 Å². The Kier molecular flexibility index (Phi) is 2.68. The molecule has 15 heavy (non-hydrogen) atoms. The Morgan fingerprint density at radius 1 is 1.53 bits per heavy atom. The lowest BCUT2D eigenvalue weighted by Gasteiger charge is -2.07. The van der Waals surface area contributed by atoms with Crippen molar-refractivity contribution in [1.82, 2.24) is 20.6 Å². The van der Waals surface area contributed by atoms with E-state index in [1.807, 2.05) is 0 Å². The molecule has 2 heterocycles. The Labute approximate surface area is 86.1 Å². The molecule has 6 heteroatoms. The van der Waals surface area contributed by atoms with Crippen molar-refractivity contribution in [1.29, 1.82) is 0 Å². The van der Waals surface area contributed by atoms with Crippen LogP contribution in [0.25, 0.3) is 0 Å². The van der Waals surface area contributed by atoms with Crippen LogP contribution >= 0.6 is 0 Å². The van der Waals surface area contributed by atoms with Crippen molar-refractivity contribution in [2.75, 3.05) is 0 Å². The maximum atomic E-state index is 11.2. The topological polar surface area (TPSA) is 84.0 Å². The van der Waals surface area contributed by atoms with E-state index in [0.717, 1.165) is 5.69 Å². The number of nitrogens with zero attached hydrogens (tertiary/aromatic N) is 2. The van der Waals surface area contributed by atoms with Crippen LogP contribution in [-0.4, -0.2) is 27.8 Å². The fourth-order valence-electron chi connectivity index (χ4n) is 1.37. The van der Waals surface area contributed by atoms with Crippen molar-refractivity contribution in [2.24, 2.45) is 0 Å². The van der Waals surface area contributed by atoms with Gasteiger partial charge in [-0.25, -0.2) is 9.97 Å². The lowest BCUT2D eigenvalue weighted by atomic mass is 10.2. The quantitative estimate of drug-likeness (QED) is 0.618. The van der Waals surface area contributed by atoms with E-state index in [9.17, 15) is 9.59 Å². The van der Waals surface area contributed by atoms with Crippen LogP contribution in [-0.2, 0) is 16.1 Å². The number of amides is 2. The smallest absolute Gasteiger partial charge is 0.244 e. The van der Waals surface area contributed by atoms with Crippen LogP contribution in [0.4, 0.5) is 0 Å². The van der Waals surface area contributed by atoms with Crippen molar-refractivity contribution in [3.8, 4) is 0 Å². The molecule has 0 aliphatic carbocycles. The molecular weight excluding hydrogens is 196 g/mol. The minimum absolute atomic E-state index is 0.198. The first kappa shape index (κ1) is 9.72. The van der Waals surface area contributed by atoms with Crippen LogP contribution in [0, 0.1) is 0 Å². The molecule has 6 nitrogen and oxygen atoms in total. The van der Waals surface area contributed by atoms with Gasteiger partial charge in [0.05, 0.1) is 18.2 Å². The standard InChI is InChI=1S/C9H10N4O2/c14-8-3-7(9(15)13-8)11-4-6-1-2-10-5-12-6/h1-2,5,7,11H,3-4H2,(H,13,14,15)/t7-/m1/s1. The third-order valence-electron chi connectivity index (χ3n) is 2.14. The Bertz CT molecular complexity index is 379. The molecule has 0 saturated carbocycles. The van der Waals surface area contributed by atoms with Crippen LogP contribution in [0.1, 0.15) is 12.1 Å². The molecular formula is C9H10N4O2. The maximum absolute atomic E-state index is 11.2. The summed E-state index contributed by atoms with van der Waals surface area (Å²) in [5.41, 5.74) is 0.789. The van der Waals surface area contributed by atoms with Crippen molar-refractivity contribution >= 4 is 11.8 Å². The van der Waals surface area contributed by atoms with Crippen LogP contribution in [0.5, 0.6) is 0 Å². The Hall–Kier alpha value is -1.82. The predicted octanol–water partition coefficient (Wildman–Crippen LogP) is -1.02. The highest BCUT2D eigenvalue weighted by Crippen LogP contribution is 2.02. The summed E-state index contributed by atoms with van der Waals surface area (Å²) in [7, 11) is 0. The molecule has 0 bridgehead atoms. The van der Waals surface area contributed by atoms with Crippen LogP contribution in [0.15, 0.2) is 18.6 Å². The minimum atomic E-state index is -0.438. The Morgan fingerprint density at radius 3 is 3.00 bits per heavy atom. The molecule has 78 valence electrons. The highest BCUT2D eigenvalue weighted by Gasteiger charge is 2.29. The molecule has 1 aliphatic rings. The summed E-state index contributed by atoms with van der Waals surface area (Å²) in [6, 6.07) is 1.31. The monoisotopic (exact) mass is 206 g/mol. The molecule has 0 spiro atoms. The van der Waals surface area contributed by atoms with Gasteiger partial charge in [0.1, 0.15) is 6.33 Å². The zero-order valence-corrected chi connectivity index (χ0v) is 7.93. The second-order valence-corrected chi connectivity index (χ2v) is 3.25. The first-order valence-electron chi connectivity index (χ1n) is 4.57. The van der Waals surface area contributed by atoms with Gasteiger partial charge >= 0.3 is 0 Å². The van der Waals surface area contributed by atoms with Crippen molar-refractivity contribution in [3.63, 3.8) is 0 Å². The molecule has 1 aromatic rings. The van der Waals surface area contributed by atoms with Gasteiger partial charge in [0.15, 0.2) is 0 Å². The Morgan fingerprint density at radius 2 is 2.40 bits per heavy atom. The highest BCUT2D eigenvalue weighted by atomic mass is 16.2. The molecule has 1 atom stereocenters. The fourth-order valence-corrected chi connectivity index (χ4v) is 1.37. The molecule has 2 rings (SSSR count). The normalized spacial score (nSPS) is 20.4. The maximum Gasteiger partial charge on any atom is 0.244 e. The van der Waals surface area contributed by atoms with Gasteiger partial charge in [0.2, 0.25) is 11.8 Å². The summed E-state index contributed by atoms with van der Waals surface area (Å²) in [6.45, 7) is 0.452. The SMILES string of the molecule is O=C1C[C@@H](NCc2ccncn2)C(=O)N1. The Balaban J connectivity index is 1.89. The third-order valence-corrected chi connectivity index (χ3v) is 2.14. The number of rotatable bonds is 3. The van der Waals surface area contributed by atoms with Gasteiger partial charge in [-0.15, -0.1) is 0 Å². The summed E-state index contributed by atoms with van der Waals surface area (Å²) in [5, 5.41) is 5.18. The zero-order valence-electron chi connectivity index (χ0n) is 7.93. The number of aromatic nitrogens is 2. The van der Waals surface area contributed by atoms with Gasteiger partial charge in [0.25, 0.3) is 0 Å². The van der Waals surface area contributed by atoms with E-state index in [0.29, 0.717) is 6.54 Å². The average molecular weight is 206 g/mol. The molecule has 1 aliphatic heterocycles. The van der Waals surface area contributed by atoms with Crippen molar-refractivity contribution < 1.29 is 9.59 Å². The van der Waals surface area contributed by atoms with Crippen LogP contribution in [0.3, 0.4) is 0 Å². The van der Waals surface area contributed by atoms with Crippen molar-refractivity contribution in [3.05, 3.63) is 24.3 Å². The fraction of sp³-hybridized carbons (Fsp3) is 0.333. The summed E-state index contributed by atoms with van der Waals surface area (Å²) in [5.74, 6) is -0.505. The third kappa shape index (κ3) is 2.35. The number of hydrogen-bond donors (Lipinski definition) is 2. The average Bonchev–Trinajstić information content (AvgIpc) is 2.56. The second-order valence-electron chi connectivity index (χ2n) is 3.25. The lowest BCUT2D eigenvalue weighted by Crippen LogP contribution is -2.35. The summed E-state index contributed by atoms with van der Waals surface area (Å²) < 4.78 is 0. The number of carbonyl (C=O) groups excluding carboxylic acids is 2. The van der Waals surface area contributed by atoms with E-state index < -0.39 is 6.04 Å². The van der Waals surface area contributed by atoms with E-state index in [-0.39, 0.29) is 18.2 Å². The van der Waals surface area contributed by atoms with Gasteiger partial charge in [-0.05, 0) is 6.07 Å². The summed E-state index contributed by atoms with van der Waals surface area (Å²) >= 11 is 0. The predicted molar refractivity (Wildman–Crippen MR) is 50.4 cm³/mol. The molecule has 1 fully saturated rings. The number of carbonyl (C=O) groups is 2. The van der Waals surface area contributed by atoms with Crippen LogP contribution in [0.2, 0.25) is 0 Å². The molecule has 2 amide bonds. The van der Waals surface area contributed by atoms with E-state index >= 15 is 0 Å². The molecule has 0 radical (unpaired) electrons. The second kappa shape index (κ2) is 4.14. The van der Waals surface area contributed by atoms with Gasteiger partial charge < -0.3 is 0 Å². The lowest BCUT2D eigenvalue weighted by molar-refractivity contribution is -0.125. The van der Waals surface area contributed by atoms with Crippen molar-refractivity contribution in [2.45, 2.75) is 19.0 Å². The van der Waals surface area contributed by atoms with Gasteiger partial charge in [-0.1, -0.05) is 0 Å². The minimum Gasteiger partial charge on any atom is -0.300 e. The largest absolute Gasteiger partial charge is 0.300 e. The summed E-state index contributed by atoms with van der Waals surface area (Å²) in [4.78, 5) is 29.8. The van der Waals surface area contributed by atoms with E-state index in [4.69, 9.17) is 0 Å².